The highest BCUT2D eigenvalue weighted by atomic mass is 16.4. The molecule has 1 N–H and O–H groups in total. The number of carboxylic acid groups (broad SMARTS) is 1. The zero-order chi connectivity index (χ0) is 15.7. The van der Waals surface area contributed by atoms with E-state index >= 15 is 0 Å². The summed E-state index contributed by atoms with van der Waals surface area (Å²) in [6.45, 7) is 10.0. The van der Waals surface area contributed by atoms with Gasteiger partial charge >= 0.3 is 5.97 Å². The molecule has 2 aromatic heterocycles. The van der Waals surface area contributed by atoms with Gasteiger partial charge in [-0.3, -0.25) is 4.57 Å². The number of fused-ring (bicyclic) bond motifs is 1. The van der Waals surface area contributed by atoms with Crippen LogP contribution in [0.15, 0.2) is 12.3 Å². The van der Waals surface area contributed by atoms with Crippen molar-refractivity contribution >= 4 is 17.1 Å². The largest absolute Gasteiger partial charge is 0.480 e. The number of aryl methyl sites for hydroxylation is 1. The molecule has 0 saturated heterocycles. The monoisotopic (exact) mass is 289 g/mol. The summed E-state index contributed by atoms with van der Waals surface area (Å²) in [5.74, 6) is 0.341. The second-order valence-electron chi connectivity index (χ2n) is 6.38. The van der Waals surface area contributed by atoms with Crippen molar-refractivity contribution < 1.29 is 9.90 Å². The molecule has 2 rings (SSSR count). The lowest BCUT2D eigenvalue weighted by Crippen LogP contribution is -2.26. The van der Waals surface area contributed by atoms with E-state index in [0.29, 0.717) is 11.6 Å². The van der Waals surface area contributed by atoms with E-state index in [1.165, 1.54) is 0 Å². The van der Waals surface area contributed by atoms with Crippen LogP contribution in [-0.4, -0.2) is 25.6 Å². The lowest BCUT2D eigenvalue weighted by Gasteiger charge is -2.21. The molecule has 0 aliphatic carbocycles. The van der Waals surface area contributed by atoms with E-state index in [0.717, 1.165) is 23.3 Å². The quantitative estimate of drug-likeness (QED) is 0.917. The van der Waals surface area contributed by atoms with Crippen LogP contribution < -0.4 is 0 Å². The van der Waals surface area contributed by atoms with Gasteiger partial charge in [-0.25, -0.2) is 14.8 Å². The number of aromatic nitrogens is 3. The molecule has 0 aromatic carbocycles. The summed E-state index contributed by atoms with van der Waals surface area (Å²) in [6.07, 6.45) is 2.50. The van der Waals surface area contributed by atoms with Gasteiger partial charge in [0, 0.05) is 12.6 Å². The molecule has 0 fully saturated rings. The normalized spacial score (nSPS) is 13.3. The molecule has 1 atom stereocenters. The van der Waals surface area contributed by atoms with E-state index in [4.69, 9.17) is 0 Å². The molecule has 0 radical (unpaired) electrons. The minimum Gasteiger partial charge on any atom is -0.480 e. The summed E-state index contributed by atoms with van der Waals surface area (Å²) < 4.78 is 1.81. The third-order valence-corrected chi connectivity index (χ3v) is 3.49. The molecular weight excluding hydrogens is 266 g/mol. The molecule has 0 aliphatic heterocycles. The van der Waals surface area contributed by atoms with Gasteiger partial charge in [0.1, 0.15) is 17.4 Å². The van der Waals surface area contributed by atoms with Crippen molar-refractivity contribution in [1.29, 1.82) is 0 Å². The number of nitrogens with zero attached hydrogens (tertiary/aromatic N) is 3. The van der Waals surface area contributed by atoms with Gasteiger partial charge in [-0.2, -0.15) is 0 Å². The van der Waals surface area contributed by atoms with Gasteiger partial charge in [-0.05, 0) is 30.4 Å². The van der Waals surface area contributed by atoms with Crippen molar-refractivity contribution in [3.05, 3.63) is 23.7 Å². The van der Waals surface area contributed by atoms with Crippen molar-refractivity contribution in [1.82, 2.24) is 14.5 Å². The molecular formula is C16H23N3O2. The van der Waals surface area contributed by atoms with Crippen LogP contribution in [-0.2, 0) is 11.2 Å². The minimum atomic E-state index is -0.836. The van der Waals surface area contributed by atoms with Gasteiger partial charge < -0.3 is 5.11 Å². The zero-order valence-corrected chi connectivity index (χ0v) is 13.3. The predicted molar refractivity (Wildman–Crippen MR) is 82.3 cm³/mol. The van der Waals surface area contributed by atoms with Crippen LogP contribution in [0.25, 0.3) is 11.2 Å². The Balaban J connectivity index is 2.69. The first-order chi connectivity index (χ1) is 9.81. The first-order valence-corrected chi connectivity index (χ1v) is 7.37. The average molecular weight is 289 g/mol. The Morgan fingerprint density at radius 1 is 1.33 bits per heavy atom. The molecule has 0 saturated carbocycles. The Kier molecular flexibility index (Phi) is 4.30. The highest BCUT2D eigenvalue weighted by Gasteiger charge is 2.28. The molecule has 114 valence electrons. The average Bonchev–Trinajstić information content (AvgIpc) is 2.65. The van der Waals surface area contributed by atoms with Crippen LogP contribution in [0.4, 0.5) is 0 Å². The van der Waals surface area contributed by atoms with Gasteiger partial charge in [0.25, 0.3) is 0 Å². The molecule has 2 aromatic rings. The number of pyridine rings is 1. The number of carboxylic acids is 1. The van der Waals surface area contributed by atoms with E-state index in [9.17, 15) is 9.90 Å². The number of rotatable bonds is 5. The lowest BCUT2D eigenvalue weighted by atomic mass is 10.0. The van der Waals surface area contributed by atoms with E-state index in [2.05, 4.69) is 23.8 Å². The number of hydrogen-bond acceptors (Lipinski definition) is 3. The summed E-state index contributed by atoms with van der Waals surface area (Å²) in [4.78, 5) is 20.8. The Morgan fingerprint density at radius 3 is 2.52 bits per heavy atom. The van der Waals surface area contributed by atoms with Crippen LogP contribution in [0.1, 0.15) is 45.1 Å². The number of imidazole rings is 1. The van der Waals surface area contributed by atoms with Gasteiger partial charge in [0.2, 0.25) is 0 Å². The number of carbonyl (C=O) groups is 1. The molecule has 2 heterocycles. The van der Waals surface area contributed by atoms with Gasteiger partial charge in [0.05, 0.1) is 0 Å². The molecule has 0 spiro atoms. The summed E-state index contributed by atoms with van der Waals surface area (Å²) in [7, 11) is 0. The Morgan fingerprint density at radius 2 is 2.00 bits per heavy atom. The Labute approximate surface area is 125 Å². The fraction of sp³-hybridized carbons (Fsp3) is 0.562. The third kappa shape index (κ3) is 3.06. The third-order valence-electron chi connectivity index (χ3n) is 3.49. The van der Waals surface area contributed by atoms with Crippen LogP contribution >= 0.6 is 0 Å². The predicted octanol–water partition coefficient (Wildman–Crippen LogP) is 3.22. The first-order valence-electron chi connectivity index (χ1n) is 7.37. The zero-order valence-electron chi connectivity index (χ0n) is 13.3. The maximum atomic E-state index is 11.7. The highest BCUT2D eigenvalue weighted by Crippen LogP contribution is 2.27. The van der Waals surface area contributed by atoms with Gasteiger partial charge in [-0.15, -0.1) is 0 Å². The standard InChI is InChI=1S/C16H23N3O2/c1-9(2)6-13-18-12-7-11(5)8-17-15(12)19(13)14(10(3)4)16(20)21/h7-10,14H,6H2,1-5H3,(H,20,21). The molecule has 5 heteroatoms. The Hall–Kier alpha value is -1.91. The van der Waals surface area contributed by atoms with E-state index in [1.54, 1.807) is 6.20 Å². The number of aliphatic carboxylic acids is 1. The van der Waals surface area contributed by atoms with Crippen LogP contribution in [0.5, 0.6) is 0 Å². The fourth-order valence-electron chi connectivity index (χ4n) is 2.62. The second kappa shape index (κ2) is 5.84. The molecule has 0 amide bonds. The van der Waals surface area contributed by atoms with Crippen molar-refractivity contribution in [2.45, 2.75) is 47.1 Å². The Bertz CT molecular complexity index is 659. The van der Waals surface area contributed by atoms with Crippen molar-refractivity contribution in [3.63, 3.8) is 0 Å². The van der Waals surface area contributed by atoms with Gasteiger partial charge in [-0.1, -0.05) is 27.7 Å². The molecule has 21 heavy (non-hydrogen) atoms. The lowest BCUT2D eigenvalue weighted by molar-refractivity contribution is -0.142. The fourth-order valence-corrected chi connectivity index (χ4v) is 2.62. The second-order valence-corrected chi connectivity index (χ2v) is 6.38. The molecule has 0 aliphatic rings. The summed E-state index contributed by atoms with van der Waals surface area (Å²) in [5, 5.41) is 9.61. The van der Waals surface area contributed by atoms with Crippen molar-refractivity contribution in [2.24, 2.45) is 11.8 Å². The topological polar surface area (TPSA) is 68.0 Å². The highest BCUT2D eigenvalue weighted by molar-refractivity contribution is 5.78. The molecule has 5 nitrogen and oxygen atoms in total. The maximum absolute atomic E-state index is 11.7. The minimum absolute atomic E-state index is 0.0334. The summed E-state index contributed by atoms with van der Waals surface area (Å²) in [5.41, 5.74) is 2.47. The smallest absolute Gasteiger partial charge is 0.327 e. The summed E-state index contributed by atoms with van der Waals surface area (Å²) in [6, 6.07) is 1.32. The number of hydrogen-bond donors (Lipinski definition) is 1. The van der Waals surface area contributed by atoms with E-state index < -0.39 is 12.0 Å². The summed E-state index contributed by atoms with van der Waals surface area (Å²) >= 11 is 0. The SMILES string of the molecule is Cc1cnc2c(c1)nc(CC(C)C)n2C(C(=O)O)C(C)C. The first kappa shape index (κ1) is 15.5. The van der Waals surface area contributed by atoms with E-state index in [1.807, 2.05) is 31.4 Å². The van der Waals surface area contributed by atoms with Crippen molar-refractivity contribution in [2.75, 3.05) is 0 Å². The van der Waals surface area contributed by atoms with Gasteiger partial charge in [0.15, 0.2) is 5.65 Å². The van der Waals surface area contributed by atoms with Crippen LogP contribution in [0.3, 0.4) is 0 Å². The van der Waals surface area contributed by atoms with Crippen molar-refractivity contribution in [3.8, 4) is 0 Å². The maximum Gasteiger partial charge on any atom is 0.327 e. The molecule has 1 unspecified atom stereocenters. The van der Waals surface area contributed by atoms with Crippen LogP contribution in [0, 0.1) is 18.8 Å². The van der Waals surface area contributed by atoms with E-state index in [-0.39, 0.29) is 5.92 Å². The molecule has 0 bridgehead atoms. The van der Waals surface area contributed by atoms with Crippen LogP contribution in [0.2, 0.25) is 0 Å².